The molecule has 6 heteroatoms. The number of alkyl halides is 3. The van der Waals surface area contributed by atoms with E-state index in [9.17, 15) is 18.0 Å². The minimum absolute atomic E-state index is 0.273. The number of hydrogen-bond donors (Lipinski definition) is 0. The van der Waals surface area contributed by atoms with Gasteiger partial charge < -0.3 is 4.90 Å². The Kier molecular flexibility index (Phi) is 3.90. The normalized spacial score (nSPS) is 19.8. The lowest BCUT2D eigenvalue weighted by Gasteiger charge is -2.19. The average Bonchev–Trinajstić information content (AvgIpc) is 2.74. The second kappa shape index (κ2) is 5.15. The highest BCUT2D eigenvalue weighted by molar-refractivity contribution is 9.10. The van der Waals surface area contributed by atoms with Gasteiger partial charge in [0.25, 0.3) is 5.91 Å². The third-order valence-electron chi connectivity index (χ3n) is 3.23. The van der Waals surface area contributed by atoms with Crippen molar-refractivity contribution >= 4 is 21.8 Å². The Morgan fingerprint density at radius 1 is 1.42 bits per heavy atom. The Balaban J connectivity index is 2.36. The van der Waals surface area contributed by atoms with Gasteiger partial charge in [0.15, 0.2) is 0 Å². The highest BCUT2D eigenvalue weighted by atomic mass is 79.9. The number of halogens is 4. The van der Waals surface area contributed by atoms with E-state index in [1.165, 1.54) is 17.0 Å². The van der Waals surface area contributed by atoms with Crippen LogP contribution in [0.5, 0.6) is 0 Å². The number of nitrogens with zero attached hydrogens (tertiary/aromatic N) is 1. The van der Waals surface area contributed by atoms with E-state index in [4.69, 9.17) is 0 Å². The van der Waals surface area contributed by atoms with Gasteiger partial charge in [-0.2, -0.15) is 13.2 Å². The van der Waals surface area contributed by atoms with E-state index in [0.717, 1.165) is 12.5 Å². The molecule has 1 aliphatic rings. The Morgan fingerprint density at radius 3 is 2.63 bits per heavy atom. The van der Waals surface area contributed by atoms with Gasteiger partial charge >= 0.3 is 6.18 Å². The molecule has 1 amide bonds. The van der Waals surface area contributed by atoms with E-state index in [1.807, 2.05) is 6.92 Å². The number of hydrogen-bond acceptors (Lipinski definition) is 1. The van der Waals surface area contributed by atoms with Gasteiger partial charge in [-0.05, 0) is 30.5 Å². The zero-order chi connectivity index (χ0) is 14.2. The minimum Gasteiger partial charge on any atom is -0.338 e. The number of amides is 1. The molecule has 1 heterocycles. The minimum atomic E-state index is -4.53. The van der Waals surface area contributed by atoms with Gasteiger partial charge in [0, 0.05) is 17.6 Å². The van der Waals surface area contributed by atoms with Gasteiger partial charge in [0.1, 0.15) is 0 Å². The molecular formula is C13H13BrF3NO. The Labute approximate surface area is 117 Å². The van der Waals surface area contributed by atoms with E-state index in [1.54, 1.807) is 0 Å². The van der Waals surface area contributed by atoms with Crippen molar-refractivity contribution in [3.05, 3.63) is 33.8 Å². The summed E-state index contributed by atoms with van der Waals surface area (Å²) in [6.07, 6.45) is -3.69. The standard InChI is InChI=1S/C13H13BrF3NO/c1-8-4-5-18(7-8)12(19)10-3-2-9(14)6-11(10)13(15,16)17/h2-3,6,8H,4-5,7H2,1H3. The predicted molar refractivity (Wildman–Crippen MR) is 68.8 cm³/mol. The third-order valence-corrected chi connectivity index (χ3v) is 3.72. The molecule has 19 heavy (non-hydrogen) atoms. The number of likely N-dealkylation sites (tertiary alicyclic amines) is 1. The van der Waals surface area contributed by atoms with Gasteiger partial charge in [0.2, 0.25) is 0 Å². The van der Waals surface area contributed by atoms with Crippen LogP contribution in [0.25, 0.3) is 0 Å². The Bertz CT molecular complexity index is 501. The van der Waals surface area contributed by atoms with E-state index in [0.29, 0.717) is 23.5 Å². The molecule has 1 aromatic rings. The predicted octanol–water partition coefficient (Wildman–Crippen LogP) is 3.95. The summed E-state index contributed by atoms with van der Waals surface area (Å²) < 4.78 is 39.2. The first kappa shape index (κ1) is 14.4. The molecule has 0 spiro atoms. The lowest BCUT2D eigenvalue weighted by Crippen LogP contribution is -2.30. The van der Waals surface area contributed by atoms with E-state index >= 15 is 0 Å². The largest absolute Gasteiger partial charge is 0.417 e. The lowest BCUT2D eigenvalue weighted by atomic mass is 10.1. The maximum Gasteiger partial charge on any atom is 0.417 e. The summed E-state index contributed by atoms with van der Waals surface area (Å²) in [7, 11) is 0. The van der Waals surface area contributed by atoms with Crippen LogP contribution in [-0.4, -0.2) is 23.9 Å². The van der Waals surface area contributed by atoms with Crippen LogP contribution in [0.15, 0.2) is 22.7 Å². The molecule has 1 aromatic carbocycles. The molecule has 0 bridgehead atoms. The molecule has 1 unspecified atom stereocenters. The van der Waals surface area contributed by atoms with Crippen molar-refractivity contribution in [3.63, 3.8) is 0 Å². The number of carbonyl (C=O) groups is 1. The van der Waals surface area contributed by atoms with E-state index in [-0.39, 0.29) is 5.56 Å². The fourth-order valence-corrected chi connectivity index (χ4v) is 2.59. The van der Waals surface area contributed by atoms with Gasteiger partial charge in [-0.25, -0.2) is 0 Å². The zero-order valence-electron chi connectivity index (χ0n) is 10.3. The molecule has 0 aromatic heterocycles. The summed E-state index contributed by atoms with van der Waals surface area (Å²) >= 11 is 3.01. The smallest absolute Gasteiger partial charge is 0.338 e. The van der Waals surface area contributed by atoms with Crippen LogP contribution >= 0.6 is 15.9 Å². The Morgan fingerprint density at radius 2 is 2.11 bits per heavy atom. The molecule has 0 N–H and O–H groups in total. The summed E-state index contributed by atoms with van der Waals surface area (Å²) in [5, 5.41) is 0. The average molecular weight is 336 g/mol. The van der Waals surface area contributed by atoms with Crippen molar-refractivity contribution in [3.8, 4) is 0 Å². The Hall–Kier alpha value is -1.04. The number of rotatable bonds is 1. The summed E-state index contributed by atoms with van der Waals surface area (Å²) in [5.41, 5.74) is -1.16. The maximum atomic E-state index is 13.0. The molecule has 2 nitrogen and oxygen atoms in total. The molecule has 0 aliphatic carbocycles. The summed E-state index contributed by atoms with van der Waals surface area (Å²) in [6.45, 7) is 3.03. The fourth-order valence-electron chi connectivity index (χ4n) is 2.23. The second-order valence-electron chi connectivity index (χ2n) is 4.83. The SMILES string of the molecule is CC1CCN(C(=O)c2ccc(Br)cc2C(F)(F)F)C1. The summed E-state index contributed by atoms with van der Waals surface area (Å²) in [5.74, 6) is -0.196. The van der Waals surface area contributed by atoms with E-state index in [2.05, 4.69) is 15.9 Å². The molecule has 1 aliphatic heterocycles. The first-order valence-electron chi connectivity index (χ1n) is 5.95. The van der Waals surface area contributed by atoms with Gasteiger partial charge in [-0.15, -0.1) is 0 Å². The molecular weight excluding hydrogens is 323 g/mol. The first-order chi connectivity index (χ1) is 8.79. The zero-order valence-corrected chi connectivity index (χ0v) is 11.9. The summed E-state index contributed by atoms with van der Waals surface area (Å²) in [6, 6.07) is 3.65. The molecule has 0 radical (unpaired) electrons. The molecule has 0 saturated carbocycles. The maximum absolute atomic E-state index is 13.0. The highest BCUT2D eigenvalue weighted by Gasteiger charge is 2.37. The van der Waals surface area contributed by atoms with Crippen LogP contribution in [0.4, 0.5) is 13.2 Å². The van der Waals surface area contributed by atoms with Crippen LogP contribution in [0.1, 0.15) is 29.3 Å². The van der Waals surface area contributed by atoms with E-state index < -0.39 is 17.6 Å². The third kappa shape index (κ3) is 3.11. The van der Waals surface area contributed by atoms with Crippen LogP contribution in [0.2, 0.25) is 0 Å². The van der Waals surface area contributed by atoms with Crippen molar-refractivity contribution in [1.29, 1.82) is 0 Å². The van der Waals surface area contributed by atoms with Crippen molar-refractivity contribution in [2.24, 2.45) is 5.92 Å². The fraction of sp³-hybridized carbons (Fsp3) is 0.462. The number of benzene rings is 1. The van der Waals surface area contributed by atoms with Gasteiger partial charge in [-0.3, -0.25) is 4.79 Å². The van der Waals surface area contributed by atoms with Gasteiger partial charge in [-0.1, -0.05) is 22.9 Å². The quantitative estimate of drug-likeness (QED) is 0.760. The number of carbonyl (C=O) groups excluding carboxylic acids is 1. The van der Waals surface area contributed by atoms with Crippen molar-refractivity contribution in [2.45, 2.75) is 19.5 Å². The van der Waals surface area contributed by atoms with Crippen molar-refractivity contribution in [1.82, 2.24) is 4.90 Å². The van der Waals surface area contributed by atoms with Crippen LogP contribution in [0, 0.1) is 5.92 Å². The van der Waals surface area contributed by atoms with Crippen LogP contribution in [-0.2, 0) is 6.18 Å². The molecule has 2 rings (SSSR count). The van der Waals surface area contributed by atoms with Crippen molar-refractivity contribution in [2.75, 3.05) is 13.1 Å². The monoisotopic (exact) mass is 335 g/mol. The molecule has 104 valence electrons. The molecule has 1 fully saturated rings. The molecule has 1 saturated heterocycles. The first-order valence-corrected chi connectivity index (χ1v) is 6.74. The molecule has 1 atom stereocenters. The van der Waals surface area contributed by atoms with Gasteiger partial charge in [0.05, 0.1) is 11.1 Å². The van der Waals surface area contributed by atoms with Crippen LogP contribution in [0.3, 0.4) is 0 Å². The second-order valence-corrected chi connectivity index (χ2v) is 5.75. The topological polar surface area (TPSA) is 20.3 Å². The lowest BCUT2D eigenvalue weighted by molar-refractivity contribution is -0.138. The highest BCUT2D eigenvalue weighted by Crippen LogP contribution is 2.35. The van der Waals surface area contributed by atoms with Crippen LogP contribution < -0.4 is 0 Å². The summed E-state index contributed by atoms with van der Waals surface area (Å²) in [4.78, 5) is 13.7. The van der Waals surface area contributed by atoms with Crippen molar-refractivity contribution < 1.29 is 18.0 Å².